The first-order valence-electron chi connectivity index (χ1n) is 7.00. The van der Waals surface area contributed by atoms with Crippen LogP contribution in [0.15, 0.2) is 0 Å². The molecular formula is C13H21N3O3. The van der Waals surface area contributed by atoms with E-state index in [4.69, 9.17) is 0 Å². The Morgan fingerprint density at radius 1 is 1.37 bits per heavy atom. The van der Waals surface area contributed by atoms with Gasteiger partial charge in [0.15, 0.2) is 0 Å². The van der Waals surface area contributed by atoms with Gasteiger partial charge in [0.2, 0.25) is 5.91 Å². The molecule has 4 amide bonds. The number of nitrogens with zero attached hydrogens (tertiary/aromatic N) is 1. The highest BCUT2D eigenvalue weighted by atomic mass is 16.2. The summed E-state index contributed by atoms with van der Waals surface area (Å²) in [6.07, 6.45) is 4.54. The second kappa shape index (κ2) is 5.59. The Bertz CT molecular complexity index is 389. The van der Waals surface area contributed by atoms with E-state index in [0.29, 0.717) is 25.9 Å². The van der Waals surface area contributed by atoms with Crippen molar-refractivity contribution in [3.63, 3.8) is 0 Å². The molecule has 0 atom stereocenters. The predicted octanol–water partition coefficient (Wildman–Crippen LogP) is 0.767. The van der Waals surface area contributed by atoms with Crippen LogP contribution in [0.1, 0.15) is 45.4 Å². The van der Waals surface area contributed by atoms with E-state index in [1.54, 1.807) is 6.92 Å². The molecule has 1 spiro atoms. The first-order chi connectivity index (χ1) is 9.09. The second-order valence-corrected chi connectivity index (χ2v) is 5.23. The van der Waals surface area contributed by atoms with Crippen LogP contribution in [0.2, 0.25) is 0 Å². The van der Waals surface area contributed by atoms with Crippen LogP contribution in [-0.4, -0.2) is 41.4 Å². The van der Waals surface area contributed by atoms with Crippen LogP contribution in [0.5, 0.6) is 0 Å². The lowest BCUT2D eigenvalue weighted by Gasteiger charge is -2.20. The third-order valence-electron chi connectivity index (χ3n) is 3.90. The molecule has 6 heteroatoms. The van der Waals surface area contributed by atoms with Gasteiger partial charge in [0.05, 0.1) is 0 Å². The Labute approximate surface area is 112 Å². The SMILES string of the molecule is CCC(=O)NCCCN1C(=O)NC2(CCCC2)C1=O. The molecule has 106 valence electrons. The molecule has 1 heterocycles. The lowest BCUT2D eigenvalue weighted by molar-refractivity contribution is -0.131. The van der Waals surface area contributed by atoms with Gasteiger partial charge in [-0.15, -0.1) is 0 Å². The monoisotopic (exact) mass is 267 g/mol. The van der Waals surface area contributed by atoms with E-state index in [2.05, 4.69) is 10.6 Å². The lowest BCUT2D eigenvalue weighted by atomic mass is 9.98. The quantitative estimate of drug-likeness (QED) is 0.570. The fourth-order valence-corrected chi connectivity index (χ4v) is 2.79. The Kier molecular flexibility index (Phi) is 4.07. The Morgan fingerprint density at radius 2 is 2.05 bits per heavy atom. The van der Waals surface area contributed by atoms with Gasteiger partial charge >= 0.3 is 6.03 Å². The maximum atomic E-state index is 12.3. The van der Waals surface area contributed by atoms with E-state index in [0.717, 1.165) is 25.7 Å². The smallest absolute Gasteiger partial charge is 0.325 e. The minimum absolute atomic E-state index is 0.00976. The van der Waals surface area contributed by atoms with Crippen molar-refractivity contribution in [1.82, 2.24) is 15.5 Å². The van der Waals surface area contributed by atoms with Crippen LogP contribution in [-0.2, 0) is 9.59 Å². The summed E-state index contributed by atoms with van der Waals surface area (Å²) in [7, 11) is 0. The first kappa shape index (κ1) is 13.8. The summed E-state index contributed by atoms with van der Waals surface area (Å²) < 4.78 is 0. The maximum Gasteiger partial charge on any atom is 0.325 e. The summed E-state index contributed by atoms with van der Waals surface area (Å²) in [5.41, 5.74) is -0.621. The molecule has 1 saturated carbocycles. The zero-order valence-electron chi connectivity index (χ0n) is 11.3. The molecule has 0 aromatic heterocycles. The Hall–Kier alpha value is -1.59. The normalized spacial score (nSPS) is 21.0. The molecule has 0 bridgehead atoms. The van der Waals surface area contributed by atoms with Gasteiger partial charge in [-0.1, -0.05) is 19.8 Å². The fourth-order valence-electron chi connectivity index (χ4n) is 2.79. The Balaban J connectivity index is 1.82. The minimum atomic E-state index is -0.621. The average Bonchev–Trinajstić information content (AvgIpc) is 2.94. The van der Waals surface area contributed by atoms with Crippen LogP contribution in [0.3, 0.4) is 0 Å². The molecule has 2 rings (SSSR count). The van der Waals surface area contributed by atoms with Crippen molar-refractivity contribution in [3.05, 3.63) is 0 Å². The van der Waals surface area contributed by atoms with E-state index in [1.807, 2.05) is 0 Å². The highest BCUT2D eigenvalue weighted by Gasteiger charge is 2.51. The van der Waals surface area contributed by atoms with Crippen molar-refractivity contribution in [2.24, 2.45) is 0 Å². The fraction of sp³-hybridized carbons (Fsp3) is 0.769. The average molecular weight is 267 g/mol. The number of carbonyl (C=O) groups excluding carboxylic acids is 3. The van der Waals surface area contributed by atoms with Crippen LogP contribution in [0.4, 0.5) is 4.79 Å². The van der Waals surface area contributed by atoms with Crippen molar-refractivity contribution in [2.45, 2.75) is 51.0 Å². The highest BCUT2D eigenvalue weighted by molar-refractivity contribution is 6.07. The summed E-state index contributed by atoms with van der Waals surface area (Å²) in [6, 6.07) is -0.284. The van der Waals surface area contributed by atoms with Gasteiger partial charge in [-0.05, 0) is 19.3 Å². The molecule has 1 aliphatic carbocycles. The van der Waals surface area contributed by atoms with Crippen molar-refractivity contribution < 1.29 is 14.4 Å². The molecule has 2 aliphatic rings. The van der Waals surface area contributed by atoms with E-state index in [1.165, 1.54) is 4.90 Å². The topological polar surface area (TPSA) is 78.5 Å². The third-order valence-corrected chi connectivity index (χ3v) is 3.90. The van der Waals surface area contributed by atoms with E-state index >= 15 is 0 Å². The van der Waals surface area contributed by atoms with Crippen LogP contribution >= 0.6 is 0 Å². The molecule has 0 radical (unpaired) electrons. The Morgan fingerprint density at radius 3 is 2.68 bits per heavy atom. The highest BCUT2D eigenvalue weighted by Crippen LogP contribution is 2.34. The molecule has 6 nitrogen and oxygen atoms in total. The number of urea groups is 1. The minimum Gasteiger partial charge on any atom is -0.356 e. The van der Waals surface area contributed by atoms with Gasteiger partial charge in [0.1, 0.15) is 5.54 Å². The van der Waals surface area contributed by atoms with E-state index in [-0.39, 0.29) is 17.8 Å². The zero-order valence-corrected chi connectivity index (χ0v) is 11.3. The van der Waals surface area contributed by atoms with Gasteiger partial charge in [0.25, 0.3) is 5.91 Å². The molecule has 2 N–H and O–H groups in total. The zero-order chi connectivity index (χ0) is 13.9. The van der Waals surface area contributed by atoms with Gasteiger partial charge < -0.3 is 10.6 Å². The van der Waals surface area contributed by atoms with Gasteiger partial charge in [-0.2, -0.15) is 0 Å². The number of amides is 4. The molecule has 0 aromatic rings. The first-order valence-corrected chi connectivity index (χ1v) is 7.00. The second-order valence-electron chi connectivity index (χ2n) is 5.23. The van der Waals surface area contributed by atoms with Gasteiger partial charge in [-0.25, -0.2) is 4.79 Å². The van der Waals surface area contributed by atoms with E-state index < -0.39 is 5.54 Å². The molecule has 19 heavy (non-hydrogen) atoms. The number of imide groups is 1. The van der Waals surface area contributed by atoms with Crippen molar-refractivity contribution in [1.29, 1.82) is 0 Å². The number of hydrogen-bond donors (Lipinski definition) is 2. The van der Waals surface area contributed by atoms with Crippen LogP contribution < -0.4 is 10.6 Å². The number of carbonyl (C=O) groups is 3. The standard InChI is InChI=1S/C13H21N3O3/c1-2-10(17)14-8-5-9-16-11(18)13(15-12(16)19)6-3-4-7-13/h2-9H2,1H3,(H,14,17)(H,15,19). The largest absolute Gasteiger partial charge is 0.356 e. The summed E-state index contributed by atoms with van der Waals surface area (Å²) in [5, 5.41) is 5.58. The maximum absolute atomic E-state index is 12.3. The number of nitrogens with one attached hydrogen (secondary N) is 2. The van der Waals surface area contributed by atoms with Gasteiger partial charge in [-0.3, -0.25) is 14.5 Å². The number of rotatable bonds is 5. The third kappa shape index (κ3) is 2.72. The summed E-state index contributed by atoms with van der Waals surface area (Å²) in [5.74, 6) is -0.0960. The van der Waals surface area contributed by atoms with Crippen LogP contribution in [0.25, 0.3) is 0 Å². The molecule has 0 unspecified atom stereocenters. The van der Waals surface area contributed by atoms with Gasteiger partial charge in [0, 0.05) is 19.5 Å². The molecule has 2 fully saturated rings. The summed E-state index contributed by atoms with van der Waals surface area (Å²) >= 11 is 0. The van der Waals surface area contributed by atoms with Crippen molar-refractivity contribution >= 4 is 17.8 Å². The molecular weight excluding hydrogens is 246 g/mol. The summed E-state index contributed by atoms with van der Waals surface area (Å²) in [6.45, 7) is 2.66. The van der Waals surface area contributed by atoms with E-state index in [9.17, 15) is 14.4 Å². The lowest BCUT2D eigenvalue weighted by Crippen LogP contribution is -2.44. The summed E-state index contributed by atoms with van der Waals surface area (Å²) in [4.78, 5) is 36.5. The van der Waals surface area contributed by atoms with Crippen LogP contribution in [0, 0.1) is 0 Å². The predicted molar refractivity (Wildman–Crippen MR) is 69.4 cm³/mol. The molecule has 1 saturated heterocycles. The van der Waals surface area contributed by atoms with Crippen molar-refractivity contribution in [2.75, 3.05) is 13.1 Å². The number of hydrogen-bond acceptors (Lipinski definition) is 3. The molecule has 1 aliphatic heterocycles. The van der Waals surface area contributed by atoms with Crippen molar-refractivity contribution in [3.8, 4) is 0 Å². The molecule has 0 aromatic carbocycles.